The quantitative estimate of drug-likeness (QED) is 0.271. The first-order valence-electron chi connectivity index (χ1n) is 11.1. The lowest BCUT2D eigenvalue weighted by atomic mass is 9.77. The monoisotopic (exact) mass is 461 g/mol. The van der Waals surface area contributed by atoms with Crippen molar-refractivity contribution >= 4 is 16.9 Å². The Balaban J connectivity index is 1.66. The molecular formula is C29H23N3OS. The first-order chi connectivity index (χ1) is 16.8. The van der Waals surface area contributed by atoms with Gasteiger partial charge in [-0.15, -0.1) is 0 Å². The van der Waals surface area contributed by atoms with E-state index < -0.39 is 5.54 Å². The van der Waals surface area contributed by atoms with Crippen molar-refractivity contribution < 1.29 is 4.79 Å². The molecule has 166 valence electrons. The average Bonchev–Trinajstić information content (AvgIpc) is 3.39. The summed E-state index contributed by atoms with van der Waals surface area (Å²) in [5, 5.41) is 4.76. The van der Waals surface area contributed by atoms with Gasteiger partial charge in [-0.25, -0.2) is 9.67 Å². The van der Waals surface area contributed by atoms with E-state index in [1.165, 1.54) is 11.8 Å². The smallest absolute Gasteiger partial charge is 0.219 e. The van der Waals surface area contributed by atoms with Crippen molar-refractivity contribution in [3.05, 3.63) is 156 Å². The van der Waals surface area contributed by atoms with Crippen LogP contribution in [0.2, 0.25) is 0 Å². The van der Waals surface area contributed by atoms with Gasteiger partial charge in [0.1, 0.15) is 17.7 Å². The minimum Gasteiger partial charge on any atom is -0.282 e. The number of aromatic nitrogens is 3. The molecule has 1 heterocycles. The second-order valence-corrected chi connectivity index (χ2v) is 8.79. The lowest BCUT2D eigenvalue weighted by molar-refractivity contribution is 0.108. The van der Waals surface area contributed by atoms with Crippen molar-refractivity contribution in [2.24, 2.45) is 0 Å². The molecule has 0 atom stereocenters. The maximum atomic E-state index is 12.8. The van der Waals surface area contributed by atoms with Gasteiger partial charge in [0, 0.05) is 5.56 Å². The number of carbonyl (C=O) groups excluding carboxylic acids is 1. The van der Waals surface area contributed by atoms with Crippen molar-refractivity contribution in [2.75, 3.05) is 0 Å². The van der Waals surface area contributed by atoms with Crippen LogP contribution in [0.5, 0.6) is 0 Å². The van der Waals surface area contributed by atoms with Crippen LogP contribution in [0.3, 0.4) is 0 Å². The molecule has 0 saturated carbocycles. The van der Waals surface area contributed by atoms with E-state index in [1.807, 2.05) is 89.6 Å². The molecule has 0 saturated heterocycles. The zero-order chi connectivity index (χ0) is 23.2. The number of hydrogen-bond acceptors (Lipinski definition) is 4. The minimum atomic E-state index is -0.744. The number of benzene rings is 4. The summed E-state index contributed by atoms with van der Waals surface area (Å²) in [5.74, 6) is 1.13. The average molecular weight is 462 g/mol. The summed E-state index contributed by atoms with van der Waals surface area (Å²) >= 11 is 1.24. The van der Waals surface area contributed by atoms with Crippen LogP contribution in [0.15, 0.2) is 128 Å². The second kappa shape index (κ2) is 9.89. The Bertz CT molecular complexity index is 1260. The molecular weight excluding hydrogens is 438 g/mol. The largest absolute Gasteiger partial charge is 0.282 e. The van der Waals surface area contributed by atoms with Gasteiger partial charge in [0.15, 0.2) is 0 Å². The van der Waals surface area contributed by atoms with E-state index in [0.717, 1.165) is 22.5 Å². The molecule has 1 aromatic heterocycles. The zero-order valence-corrected chi connectivity index (χ0v) is 19.3. The molecule has 4 nitrogen and oxygen atoms in total. The zero-order valence-electron chi connectivity index (χ0n) is 18.5. The minimum absolute atomic E-state index is 0.0138. The third kappa shape index (κ3) is 4.06. The van der Waals surface area contributed by atoms with E-state index in [0.29, 0.717) is 11.3 Å². The Kier molecular flexibility index (Phi) is 6.36. The molecule has 0 bridgehead atoms. The molecule has 0 radical (unpaired) electrons. The fourth-order valence-corrected chi connectivity index (χ4v) is 5.10. The van der Waals surface area contributed by atoms with Crippen LogP contribution in [0, 0.1) is 0 Å². The van der Waals surface area contributed by atoms with Gasteiger partial charge in [-0.1, -0.05) is 133 Å². The topological polar surface area (TPSA) is 47.8 Å². The van der Waals surface area contributed by atoms with Gasteiger partial charge in [-0.3, -0.25) is 4.79 Å². The Morgan fingerprint density at radius 1 is 0.676 bits per heavy atom. The molecule has 0 unspecified atom stereocenters. The molecule has 5 aromatic rings. The fraction of sp³-hybridized carbons (Fsp3) is 0.0690. The van der Waals surface area contributed by atoms with Crippen LogP contribution in [-0.2, 0) is 11.3 Å². The highest BCUT2D eigenvalue weighted by molar-refractivity contribution is 8.13. The van der Waals surface area contributed by atoms with Crippen molar-refractivity contribution in [1.29, 1.82) is 0 Å². The van der Waals surface area contributed by atoms with E-state index in [1.54, 1.807) is 6.33 Å². The van der Waals surface area contributed by atoms with E-state index in [2.05, 4.69) is 41.4 Å². The van der Waals surface area contributed by atoms with E-state index in [4.69, 9.17) is 5.10 Å². The van der Waals surface area contributed by atoms with Crippen molar-refractivity contribution in [1.82, 2.24) is 14.8 Å². The third-order valence-electron chi connectivity index (χ3n) is 5.85. The number of hydrogen-bond donors (Lipinski definition) is 0. The number of rotatable bonds is 7. The molecule has 34 heavy (non-hydrogen) atoms. The summed E-state index contributed by atoms with van der Waals surface area (Å²) in [6.07, 6.45) is 1.58. The normalized spacial score (nSPS) is 11.3. The summed E-state index contributed by atoms with van der Waals surface area (Å²) in [6.45, 7) is 0. The number of nitrogens with zero attached hydrogens (tertiary/aromatic N) is 3. The van der Waals surface area contributed by atoms with Gasteiger partial charge in [0.25, 0.3) is 0 Å². The van der Waals surface area contributed by atoms with Crippen molar-refractivity contribution in [3.8, 4) is 0 Å². The van der Waals surface area contributed by atoms with Gasteiger partial charge < -0.3 is 0 Å². The molecule has 5 heteroatoms. The third-order valence-corrected chi connectivity index (χ3v) is 6.75. The van der Waals surface area contributed by atoms with Crippen LogP contribution in [-0.4, -0.2) is 19.9 Å². The lowest BCUT2D eigenvalue weighted by Gasteiger charge is -2.37. The highest BCUT2D eigenvalue weighted by Crippen LogP contribution is 2.41. The summed E-state index contributed by atoms with van der Waals surface area (Å²) in [5.41, 5.74) is 3.14. The summed E-state index contributed by atoms with van der Waals surface area (Å²) in [6, 6.07) is 40.3. The molecule has 0 aliphatic heterocycles. The number of carbonyl (C=O) groups is 1. The lowest BCUT2D eigenvalue weighted by Crippen LogP contribution is -2.39. The van der Waals surface area contributed by atoms with Gasteiger partial charge in [-0.05, 0) is 16.7 Å². The number of thioether (sulfide) groups is 1. The van der Waals surface area contributed by atoms with E-state index in [-0.39, 0.29) is 5.12 Å². The molecule has 0 fully saturated rings. The molecule has 0 aliphatic rings. The first-order valence-corrected chi connectivity index (χ1v) is 12.1. The summed E-state index contributed by atoms with van der Waals surface area (Å²) in [4.78, 5) is 17.4. The molecule has 5 rings (SSSR count). The van der Waals surface area contributed by atoms with Gasteiger partial charge in [-0.2, -0.15) is 5.10 Å². The van der Waals surface area contributed by atoms with Gasteiger partial charge in [0.05, 0.1) is 5.75 Å². The van der Waals surface area contributed by atoms with Crippen LogP contribution in [0.1, 0.15) is 32.9 Å². The molecule has 0 spiro atoms. The van der Waals surface area contributed by atoms with Gasteiger partial charge in [0.2, 0.25) is 5.12 Å². The second-order valence-electron chi connectivity index (χ2n) is 7.84. The van der Waals surface area contributed by atoms with Crippen LogP contribution in [0.25, 0.3) is 0 Å². The van der Waals surface area contributed by atoms with E-state index in [9.17, 15) is 4.79 Å². The summed E-state index contributed by atoms with van der Waals surface area (Å²) < 4.78 is 1.97. The first kappa shape index (κ1) is 21.9. The molecule has 0 N–H and O–H groups in total. The molecule has 0 aliphatic carbocycles. The Hall–Kier alpha value is -3.96. The molecule has 0 amide bonds. The Morgan fingerprint density at radius 3 is 1.59 bits per heavy atom. The summed E-state index contributed by atoms with van der Waals surface area (Å²) in [7, 11) is 0. The van der Waals surface area contributed by atoms with Crippen molar-refractivity contribution in [2.45, 2.75) is 11.3 Å². The maximum absolute atomic E-state index is 12.8. The Morgan fingerprint density at radius 2 is 1.12 bits per heavy atom. The van der Waals surface area contributed by atoms with E-state index >= 15 is 0 Å². The van der Waals surface area contributed by atoms with Crippen LogP contribution >= 0.6 is 11.8 Å². The fourth-order valence-electron chi connectivity index (χ4n) is 4.34. The maximum Gasteiger partial charge on any atom is 0.219 e. The van der Waals surface area contributed by atoms with Gasteiger partial charge >= 0.3 is 0 Å². The predicted molar refractivity (Wildman–Crippen MR) is 137 cm³/mol. The highest BCUT2D eigenvalue weighted by Gasteiger charge is 2.40. The van der Waals surface area contributed by atoms with Crippen LogP contribution in [0.4, 0.5) is 0 Å². The molecule has 4 aromatic carbocycles. The SMILES string of the molecule is O=C(SCc1ncnn1C(c1ccccc1)(c1ccccc1)c1ccccc1)c1ccccc1. The predicted octanol–water partition coefficient (Wildman–Crippen LogP) is 6.19. The Labute approximate surface area is 203 Å². The highest BCUT2D eigenvalue weighted by atomic mass is 32.2. The standard InChI is InChI=1S/C29H23N3OS/c33-28(23-13-5-1-6-14-23)34-21-27-30-22-31-32(27)29(24-15-7-2-8-16-24,25-17-9-3-10-18-25)26-19-11-4-12-20-26/h1-20,22H,21H2. The van der Waals surface area contributed by atoms with Crippen LogP contribution < -0.4 is 0 Å². The van der Waals surface area contributed by atoms with Crippen molar-refractivity contribution in [3.63, 3.8) is 0 Å².